The third-order valence-corrected chi connectivity index (χ3v) is 2.86. The van der Waals surface area contributed by atoms with Gasteiger partial charge in [0.1, 0.15) is 46.9 Å². The second-order valence-corrected chi connectivity index (χ2v) is 4.95. The third-order valence-electron chi connectivity index (χ3n) is 2.86. The molecule has 1 aromatic rings. The predicted molar refractivity (Wildman–Crippen MR) is 81.8 cm³/mol. The highest BCUT2D eigenvalue weighted by atomic mass is 16.5. The van der Waals surface area contributed by atoms with Gasteiger partial charge in [0.15, 0.2) is 0 Å². The largest absolute Gasteiger partial charge is 0.496 e. The van der Waals surface area contributed by atoms with Gasteiger partial charge in [-0.2, -0.15) is 21.0 Å². The molecule has 0 aliphatic rings. The Hall–Kier alpha value is -3.48. The van der Waals surface area contributed by atoms with Gasteiger partial charge in [-0.15, -0.1) is 0 Å². The lowest BCUT2D eigenvalue weighted by atomic mass is 10.1. The fourth-order valence-electron chi connectivity index (χ4n) is 1.79. The van der Waals surface area contributed by atoms with Gasteiger partial charge < -0.3 is 9.47 Å². The van der Waals surface area contributed by atoms with E-state index in [0.29, 0.717) is 6.61 Å². The van der Waals surface area contributed by atoms with Gasteiger partial charge in [-0.3, -0.25) is 0 Å². The third kappa shape index (κ3) is 4.01. The van der Waals surface area contributed by atoms with Crippen LogP contribution in [0, 0.1) is 51.2 Å². The first-order valence-corrected chi connectivity index (χ1v) is 6.72. The lowest BCUT2D eigenvalue weighted by Crippen LogP contribution is -2.20. The zero-order chi connectivity index (χ0) is 17.4. The van der Waals surface area contributed by atoms with Crippen molar-refractivity contribution in [2.24, 2.45) is 5.92 Å². The lowest BCUT2D eigenvalue weighted by Gasteiger charge is -2.11. The molecular weight excluding hydrogens is 292 g/mol. The normalized spacial score (nSPS) is 9.04. The number of ether oxygens (including phenoxy) is 2. The maximum Gasteiger partial charge on any atom is 0.140 e. The van der Waals surface area contributed by atoms with Gasteiger partial charge in [-0.25, -0.2) is 0 Å². The first-order valence-electron chi connectivity index (χ1n) is 6.72. The monoisotopic (exact) mass is 306 g/mol. The fourth-order valence-corrected chi connectivity index (χ4v) is 1.79. The minimum Gasteiger partial charge on any atom is -0.496 e. The summed E-state index contributed by atoms with van der Waals surface area (Å²) in [5.74, 6) is 0.699. The molecule has 1 rings (SSSR count). The van der Waals surface area contributed by atoms with Crippen LogP contribution in [0.15, 0.2) is 12.1 Å². The second kappa shape index (κ2) is 8.08. The Balaban J connectivity index is 3.90. The molecule has 0 bridgehead atoms. The molecule has 23 heavy (non-hydrogen) atoms. The van der Waals surface area contributed by atoms with Crippen molar-refractivity contribution in [1.29, 1.82) is 21.0 Å². The molecule has 0 saturated carbocycles. The molecule has 0 aromatic heterocycles. The zero-order valence-corrected chi connectivity index (χ0v) is 13.0. The minimum absolute atomic E-state index is 0.135. The van der Waals surface area contributed by atoms with Crippen LogP contribution >= 0.6 is 0 Å². The highest BCUT2D eigenvalue weighted by molar-refractivity contribution is 5.77. The van der Waals surface area contributed by atoms with E-state index >= 15 is 0 Å². The van der Waals surface area contributed by atoms with E-state index in [9.17, 15) is 0 Å². The van der Waals surface area contributed by atoms with Crippen molar-refractivity contribution in [3.8, 4) is 35.8 Å². The molecule has 0 fully saturated rings. The van der Waals surface area contributed by atoms with E-state index in [1.165, 1.54) is 19.2 Å². The summed E-state index contributed by atoms with van der Waals surface area (Å²) in [5, 5.41) is 36.9. The molecule has 6 nitrogen and oxygen atoms in total. The molecule has 0 heterocycles. The molecule has 0 atom stereocenters. The molecule has 114 valence electrons. The van der Waals surface area contributed by atoms with Gasteiger partial charge in [0.25, 0.3) is 0 Å². The fraction of sp³-hybridized carbons (Fsp3) is 0.294. The minimum atomic E-state index is -0.140. The Kier molecular flexibility index (Phi) is 6.17. The van der Waals surface area contributed by atoms with Crippen molar-refractivity contribution in [3.05, 3.63) is 22.6 Å². The Labute approximate surface area is 134 Å². The topological polar surface area (TPSA) is 114 Å². The number of methoxy groups -OCH3 is 1. The molecule has 0 spiro atoms. The van der Waals surface area contributed by atoms with Gasteiger partial charge in [0.05, 0.1) is 13.7 Å². The molecule has 0 radical (unpaired) electrons. The van der Waals surface area contributed by atoms with Crippen LogP contribution in [-0.2, 0) is 0 Å². The van der Waals surface area contributed by atoms with Gasteiger partial charge in [0, 0.05) is 10.4 Å². The smallest absolute Gasteiger partial charge is 0.140 e. The number of hydrogen-bond acceptors (Lipinski definition) is 6. The van der Waals surface area contributed by atoms with Gasteiger partial charge in [-0.1, -0.05) is 13.8 Å². The number of nitrogens with zero attached hydrogens (tertiary/aromatic N) is 4. The van der Waals surface area contributed by atoms with Crippen LogP contribution in [0.1, 0.15) is 13.8 Å². The van der Waals surface area contributed by atoms with E-state index in [1.54, 1.807) is 12.1 Å². The Morgan fingerprint density at radius 3 is 1.74 bits per heavy atom. The van der Waals surface area contributed by atoms with Crippen LogP contribution in [0.4, 0.5) is 0 Å². The van der Waals surface area contributed by atoms with Crippen LogP contribution in [0.3, 0.4) is 0 Å². The summed E-state index contributed by atoms with van der Waals surface area (Å²) in [6.07, 6.45) is 0. The Morgan fingerprint density at radius 2 is 1.35 bits per heavy atom. The summed E-state index contributed by atoms with van der Waals surface area (Å²) < 4.78 is 10.8. The predicted octanol–water partition coefficient (Wildman–Crippen LogP) is 1.13. The SMILES string of the molecule is COc1cc(=C(C#N)C#N)c(OCC(C)C)cc1=C(C#N)C#N. The highest BCUT2D eigenvalue weighted by Gasteiger charge is 2.11. The first kappa shape index (κ1) is 17.6. The molecule has 1 aromatic carbocycles. The molecular formula is C17H14N4O2. The average molecular weight is 306 g/mol. The maximum atomic E-state index is 9.10. The molecule has 0 unspecified atom stereocenters. The van der Waals surface area contributed by atoms with E-state index in [1.807, 2.05) is 26.0 Å². The van der Waals surface area contributed by atoms with Gasteiger partial charge >= 0.3 is 0 Å². The molecule has 0 aliphatic heterocycles. The van der Waals surface area contributed by atoms with E-state index in [4.69, 9.17) is 30.5 Å². The average Bonchev–Trinajstić information content (AvgIpc) is 2.55. The summed E-state index contributed by atoms with van der Waals surface area (Å²) in [5.41, 5.74) is -0.276. The summed E-state index contributed by atoms with van der Waals surface area (Å²) in [7, 11) is 1.38. The molecule has 0 saturated heterocycles. The first-order chi connectivity index (χ1) is 11.0. The Morgan fingerprint density at radius 1 is 0.913 bits per heavy atom. The van der Waals surface area contributed by atoms with E-state index in [-0.39, 0.29) is 39.0 Å². The van der Waals surface area contributed by atoms with Crippen LogP contribution < -0.4 is 19.9 Å². The maximum absolute atomic E-state index is 9.10. The molecule has 0 aliphatic carbocycles. The van der Waals surface area contributed by atoms with Crippen molar-refractivity contribution in [1.82, 2.24) is 0 Å². The number of hydrogen-bond donors (Lipinski definition) is 0. The van der Waals surface area contributed by atoms with Crippen LogP contribution in [0.5, 0.6) is 11.5 Å². The Bertz CT molecular complexity index is 855. The quantitative estimate of drug-likeness (QED) is 0.823. The standard InChI is InChI=1S/C17H14N4O2/c1-11(2)10-23-17-5-14(12(6-18)7-19)16(22-3)4-15(17)13(8-20)9-21/h4-5,11H,10H2,1-3H3. The molecule has 0 amide bonds. The second-order valence-electron chi connectivity index (χ2n) is 4.95. The van der Waals surface area contributed by atoms with Crippen molar-refractivity contribution in [2.75, 3.05) is 13.7 Å². The van der Waals surface area contributed by atoms with Crippen LogP contribution in [0.25, 0.3) is 11.1 Å². The number of nitriles is 4. The highest BCUT2D eigenvalue weighted by Crippen LogP contribution is 2.11. The van der Waals surface area contributed by atoms with E-state index < -0.39 is 0 Å². The van der Waals surface area contributed by atoms with Crippen molar-refractivity contribution in [2.45, 2.75) is 13.8 Å². The van der Waals surface area contributed by atoms with E-state index in [0.717, 1.165) is 0 Å². The number of rotatable bonds is 4. The number of benzene rings is 1. The summed E-state index contributed by atoms with van der Waals surface area (Å²) in [6.45, 7) is 4.26. The lowest BCUT2D eigenvalue weighted by molar-refractivity contribution is 0.268. The summed E-state index contributed by atoms with van der Waals surface area (Å²) in [4.78, 5) is 0. The zero-order valence-electron chi connectivity index (χ0n) is 13.0. The van der Waals surface area contributed by atoms with Crippen LogP contribution in [0.2, 0.25) is 0 Å². The molecule has 0 N–H and O–H groups in total. The van der Waals surface area contributed by atoms with Gasteiger partial charge in [-0.05, 0) is 18.1 Å². The summed E-state index contributed by atoms with van der Waals surface area (Å²) in [6, 6.07) is 10.1. The van der Waals surface area contributed by atoms with Gasteiger partial charge in [0.2, 0.25) is 0 Å². The van der Waals surface area contributed by atoms with Crippen molar-refractivity contribution >= 4 is 11.1 Å². The van der Waals surface area contributed by atoms with Crippen molar-refractivity contribution in [3.63, 3.8) is 0 Å². The van der Waals surface area contributed by atoms with E-state index in [2.05, 4.69) is 0 Å². The molecule has 6 heteroatoms. The van der Waals surface area contributed by atoms with Crippen molar-refractivity contribution < 1.29 is 9.47 Å². The summed E-state index contributed by atoms with van der Waals surface area (Å²) >= 11 is 0. The van der Waals surface area contributed by atoms with Crippen LogP contribution in [-0.4, -0.2) is 13.7 Å².